The van der Waals surface area contributed by atoms with Gasteiger partial charge in [0, 0.05) is 39.4 Å². The SMILES string of the molecule is CC(C)P(C)(=O)c1ccccc1.CCOP(=O)(CC)C(C)C.CCOP(=O)(c1ccccc1)C(C)C.CCP(C)(=O)C(C)C. The minimum Gasteiger partial charge on any atom is -0.329 e. The Balaban J connectivity index is 0. The second-order valence-corrected chi connectivity index (χ2v) is 25.9. The first-order valence-corrected chi connectivity index (χ1v) is 24.2. The van der Waals surface area contributed by atoms with Gasteiger partial charge in [-0.15, -0.1) is 0 Å². The summed E-state index contributed by atoms with van der Waals surface area (Å²) < 4.78 is 58.2. The van der Waals surface area contributed by atoms with E-state index in [9.17, 15) is 18.3 Å². The molecule has 4 atom stereocenters. The van der Waals surface area contributed by atoms with Gasteiger partial charge in [-0.3, -0.25) is 9.13 Å². The lowest BCUT2D eigenvalue weighted by Gasteiger charge is -2.21. The summed E-state index contributed by atoms with van der Waals surface area (Å²) >= 11 is 0. The van der Waals surface area contributed by atoms with Crippen LogP contribution in [0.3, 0.4) is 0 Å². The molecule has 0 aliphatic rings. The lowest BCUT2D eigenvalue weighted by Crippen LogP contribution is -2.14. The van der Waals surface area contributed by atoms with Crippen LogP contribution in [0.2, 0.25) is 0 Å². The molecule has 10 heteroatoms. The molecule has 2 rings (SSSR count). The molecule has 0 N–H and O–H groups in total. The van der Waals surface area contributed by atoms with Gasteiger partial charge < -0.3 is 18.2 Å². The quantitative estimate of drug-likeness (QED) is 0.206. The van der Waals surface area contributed by atoms with E-state index >= 15 is 0 Å². The van der Waals surface area contributed by atoms with Crippen LogP contribution in [-0.2, 0) is 27.3 Å². The van der Waals surface area contributed by atoms with Crippen LogP contribution >= 0.6 is 29.0 Å². The van der Waals surface area contributed by atoms with Crippen molar-refractivity contribution < 1.29 is 27.3 Å². The van der Waals surface area contributed by atoms with Crippen molar-refractivity contribution in [2.75, 3.05) is 38.9 Å². The monoisotopic (exact) mass is 692 g/mol. The van der Waals surface area contributed by atoms with E-state index < -0.39 is 29.0 Å². The summed E-state index contributed by atoms with van der Waals surface area (Å²) in [4.78, 5) is 0. The molecule has 0 aliphatic carbocycles. The van der Waals surface area contributed by atoms with Crippen LogP contribution in [0.1, 0.15) is 83.1 Å². The van der Waals surface area contributed by atoms with Crippen LogP contribution in [0.5, 0.6) is 0 Å². The van der Waals surface area contributed by atoms with E-state index in [4.69, 9.17) is 9.05 Å². The molecule has 0 saturated carbocycles. The van der Waals surface area contributed by atoms with Crippen molar-refractivity contribution in [2.45, 2.75) is 106 Å². The van der Waals surface area contributed by atoms with Gasteiger partial charge in [0.25, 0.3) is 0 Å². The van der Waals surface area contributed by atoms with Gasteiger partial charge in [-0.05, 0) is 45.5 Å². The van der Waals surface area contributed by atoms with Gasteiger partial charge >= 0.3 is 0 Å². The molecule has 0 fully saturated rings. The van der Waals surface area contributed by atoms with Crippen molar-refractivity contribution in [1.29, 1.82) is 0 Å². The highest BCUT2D eigenvalue weighted by Crippen LogP contribution is 2.51. The third-order valence-electron chi connectivity index (χ3n) is 7.67. The molecule has 0 radical (unpaired) electrons. The second-order valence-electron chi connectivity index (χ2n) is 12.0. The molecule has 2 aromatic rings. The van der Waals surface area contributed by atoms with E-state index in [0.717, 1.165) is 16.8 Å². The standard InChI is InChI=1S/C11H17O2P.C10H15OP.C7H17O2P.C6H15OP/c1-4-13-14(12,10(2)3)11-8-6-5-7-9-11;1-9(2)12(3,11)10-7-5-4-6-8-10;1-5-9-10(8,6-2)7(3)4;1-5-8(4,7)6(2)3/h5-10H,4H2,1-3H3;4-9H,1-3H3;7H,5-6H2,1-4H3;6H,5H2,1-4H3. The first-order chi connectivity index (χ1) is 20.2. The Morgan fingerprint density at radius 3 is 1.16 bits per heavy atom. The first-order valence-electron chi connectivity index (χ1n) is 15.9. The fourth-order valence-corrected chi connectivity index (χ4v) is 9.31. The highest BCUT2D eigenvalue weighted by molar-refractivity contribution is 7.71. The Bertz CT molecular complexity index is 1210. The molecule has 2 aromatic carbocycles. The predicted octanol–water partition coefficient (Wildman–Crippen LogP) is 10.9. The van der Waals surface area contributed by atoms with Crippen LogP contribution < -0.4 is 10.6 Å². The van der Waals surface area contributed by atoms with Crippen LogP contribution in [0.15, 0.2) is 60.7 Å². The van der Waals surface area contributed by atoms with E-state index in [-0.39, 0.29) is 17.0 Å². The maximum absolute atomic E-state index is 12.5. The molecule has 0 aliphatic heterocycles. The Kier molecular flexibility index (Phi) is 22.7. The van der Waals surface area contributed by atoms with Gasteiger partial charge in [-0.2, -0.15) is 0 Å². The second kappa shape index (κ2) is 22.0. The molecule has 4 unspecified atom stereocenters. The maximum atomic E-state index is 12.5. The van der Waals surface area contributed by atoms with Crippen LogP contribution in [-0.4, -0.2) is 61.5 Å². The van der Waals surface area contributed by atoms with Crippen molar-refractivity contribution in [1.82, 2.24) is 0 Å². The average Bonchev–Trinajstić information content (AvgIpc) is 2.98. The summed E-state index contributed by atoms with van der Waals surface area (Å²) in [7, 11) is -8.78. The third kappa shape index (κ3) is 15.7. The molecule has 0 saturated heterocycles. The van der Waals surface area contributed by atoms with Crippen LogP contribution in [0.25, 0.3) is 0 Å². The highest BCUT2D eigenvalue weighted by atomic mass is 31.2. The summed E-state index contributed by atoms with van der Waals surface area (Å²) in [6, 6.07) is 19.2. The van der Waals surface area contributed by atoms with Gasteiger partial charge in [0.2, 0.25) is 14.7 Å². The van der Waals surface area contributed by atoms with E-state index in [1.807, 2.05) is 157 Å². The van der Waals surface area contributed by atoms with Crippen molar-refractivity contribution in [3.8, 4) is 0 Å². The Morgan fingerprint density at radius 1 is 0.523 bits per heavy atom. The molecule has 0 bridgehead atoms. The maximum Gasteiger partial charge on any atom is 0.234 e. The summed E-state index contributed by atoms with van der Waals surface area (Å²) in [5, 5.41) is 1.80. The molecule has 44 heavy (non-hydrogen) atoms. The summed E-state index contributed by atoms with van der Waals surface area (Å²) in [6.07, 6.45) is 1.49. The van der Waals surface area contributed by atoms with Gasteiger partial charge in [-0.25, -0.2) is 0 Å². The summed E-state index contributed by atoms with van der Waals surface area (Å²) in [6.45, 7) is 28.2. The summed E-state index contributed by atoms with van der Waals surface area (Å²) in [5.41, 5.74) is 0.801. The zero-order valence-corrected chi connectivity index (χ0v) is 33.7. The molecule has 256 valence electrons. The number of hydrogen-bond acceptors (Lipinski definition) is 6. The molecule has 6 nitrogen and oxygen atoms in total. The average molecular weight is 693 g/mol. The van der Waals surface area contributed by atoms with Crippen molar-refractivity contribution in [3.05, 3.63) is 60.7 Å². The Morgan fingerprint density at radius 2 is 0.932 bits per heavy atom. The molecular weight excluding hydrogens is 628 g/mol. The van der Waals surface area contributed by atoms with Gasteiger partial charge in [0.05, 0.1) is 20.4 Å². The van der Waals surface area contributed by atoms with Crippen molar-refractivity contribution in [3.63, 3.8) is 0 Å². The zero-order valence-electron chi connectivity index (χ0n) is 30.1. The minimum absolute atomic E-state index is 0.0323. The molecular formula is C34H64O6P4. The van der Waals surface area contributed by atoms with E-state index in [2.05, 4.69) is 0 Å². The highest BCUT2D eigenvalue weighted by Gasteiger charge is 2.29. The predicted molar refractivity (Wildman–Crippen MR) is 199 cm³/mol. The Hall–Kier alpha value is -0.720. The number of rotatable bonds is 12. The molecule has 0 amide bonds. The van der Waals surface area contributed by atoms with Crippen LogP contribution in [0, 0.1) is 0 Å². The minimum atomic E-state index is -2.64. The van der Waals surface area contributed by atoms with Crippen LogP contribution in [0.4, 0.5) is 0 Å². The number of hydrogen-bond donors (Lipinski definition) is 0. The van der Waals surface area contributed by atoms with Crippen molar-refractivity contribution >= 4 is 39.6 Å². The fraction of sp³-hybridized carbons (Fsp3) is 0.647. The van der Waals surface area contributed by atoms with E-state index in [1.165, 1.54) is 0 Å². The number of benzene rings is 2. The van der Waals surface area contributed by atoms with Gasteiger partial charge in [-0.1, -0.05) is 118 Å². The van der Waals surface area contributed by atoms with E-state index in [1.54, 1.807) is 0 Å². The zero-order chi connectivity index (χ0) is 34.8. The van der Waals surface area contributed by atoms with E-state index in [0.29, 0.717) is 25.0 Å². The molecule has 0 heterocycles. The fourth-order valence-electron chi connectivity index (χ4n) is 3.56. The molecule has 0 aromatic heterocycles. The lowest BCUT2D eigenvalue weighted by atomic mass is 10.4. The largest absolute Gasteiger partial charge is 0.329 e. The van der Waals surface area contributed by atoms with Gasteiger partial charge in [0.1, 0.15) is 7.14 Å². The smallest absolute Gasteiger partial charge is 0.234 e. The Labute approximate surface area is 271 Å². The third-order valence-corrected chi connectivity index (χ3v) is 20.6. The summed E-state index contributed by atoms with van der Waals surface area (Å²) in [5.74, 6) is 0. The topological polar surface area (TPSA) is 86.7 Å². The molecule has 0 spiro atoms. The lowest BCUT2D eigenvalue weighted by molar-refractivity contribution is 0.328. The normalized spacial score (nSPS) is 16.6. The van der Waals surface area contributed by atoms with Crippen molar-refractivity contribution in [2.24, 2.45) is 0 Å². The van der Waals surface area contributed by atoms with Gasteiger partial charge in [0.15, 0.2) is 0 Å². The first kappa shape index (κ1) is 45.4.